The van der Waals surface area contributed by atoms with Crippen molar-refractivity contribution in [1.29, 1.82) is 0 Å². The van der Waals surface area contributed by atoms with Gasteiger partial charge in [-0.25, -0.2) is 12.8 Å². The Morgan fingerprint density at radius 1 is 1.25 bits per heavy atom. The maximum atomic E-state index is 13.3. The fourth-order valence-electron chi connectivity index (χ4n) is 3.02. The van der Waals surface area contributed by atoms with Gasteiger partial charge in [-0.3, -0.25) is 0 Å². The molecule has 4 nitrogen and oxygen atoms in total. The minimum absolute atomic E-state index is 0.276. The third-order valence-electron chi connectivity index (χ3n) is 4.25. The van der Waals surface area contributed by atoms with Crippen LogP contribution in [0.4, 0.5) is 4.39 Å². The summed E-state index contributed by atoms with van der Waals surface area (Å²) in [6, 6.07) is 8.04. The van der Waals surface area contributed by atoms with Gasteiger partial charge in [-0.2, -0.15) is 4.31 Å². The van der Waals surface area contributed by atoms with Crippen LogP contribution in [0.25, 0.3) is 16.5 Å². The van der Waals surface area contributed by atoms with Crippen LogP contribution in [0.1, 0.15) is 12.0 Å². The molecular formula is C17H15FN2O2S2. The van der Waals surface area contributed by atoms with E-state index in [1.165, 1.54) is 27.8 Å². The molecule has 0 saturated carbocycles. The summed E-state index contributed by atoms with van der Waals surface area (Å²) in [5.74, 6) is -0.276. The van der Waals surface area contributed by atoms with Crippen LogP contribution < -0.4 is 0 Å². The zero-order valence-corrected chi connectivity index (χ0v) is 14.3. The highest BCUT2D eigenvalue weighted by Gasteiger charge is 2.27. The summed E-state index contributed by atoms with van der Waals surface area (Å²) in [6.07, 6.45) is 4.44. The molecule has 0 fully saturated rings. The summed E-state index contributed by atoms with van der Waals surface area (Å²) in [5.41, 5.74) is 2.85. The van der Waals surface area contributed by atoms with Crippen LogP contribution in [0, 0.1) is 5.82 Å². The van der Waals surface area contributed by atoms with E-state index < -0.39 is 10.0 Å². The number of hydrogen-bond donors (Lipinski definition) is 1. The predicted octanol–water partition coefficient (Wildman–Crippen LogP) is 3.85. The number of benzene rings is 1. The number of sulfonamides is 1. The van der Waals surface area contributed by atoms with Gasteiger partial charge in [0.1, 0.15) is 10.0 Å². The lowest BCUT2D eigenvalue weighted by molar-refractivity contribution is 0.443. The van der Waals surface area contributed by atoms with Gasteiger partial charge in [0.05, 0.1) is 0 Å². The van der Waals surface area contributed by atoms with Crippen LogP contribution in [0.15, 0.2) is 52.2 Å². The van der Waals surface area contributed by atoms with E-state index in [1.54, 1.807) is 23.6 Å². The molecule has 4 rings (SSSR count). The molecule has 1 aromatic carbocycles. The number of rotatable bonds is 3. The summed E-state index contributed by atoms with van der Waals surface area (Å²) in [4.78, 5) is 3.08. The van der Waals surface area contributed by atoms with Gasteiger partial charge in [-0.05, 0) is 41.6 Å². The standard InChI is InChI=1S/C17H15FN2O2S2/c18-13-3-4-14-15(11-19-16(14)10-13)12-5-7-20(8-6-12)24(21,22)17-2-1-9-23-17/h1-5,9-11,19H,6-8H2. The first kappa shape index (κ1) is 15.6. The number of fused-ring (bicyclic) bond motifs is 1. The lowest BCUT2D eigenvalue weighted by Crippen LogP contribution is -2.34. The fourth-order valence-corrected chi connectivity index (χ4v) is 5.54. The van der Waals surface area contributed by atoms with E-state index in [9.17, 15) is 12.8 Å². The second-order valence-corrected chi connectivity index (χ2v) is 8.78. The third-order valence-corrected chi connectivity index (χ3v) is 7.49. The summed E-state index contributed by atoms with van der Waals surface area (Å²) < 4.78 is 40.3. The van der Waals surface area contributed by atoms with Crippen molar-refractivity contribution in [1.82, 2.24) is 9.29 Å². The molecule has 3 aromatic rings. The van der Waals surface area contributed by atoms with Crippen LogP contribution in [-0.2, 0) is 10.0 Å². The summed E-state index contributed by atoms with van der Waals surface area (Å²) in [5, 5.41) is 2.72. The van der Waals surface area contributed by atoms with Gasteiger partial charge in [0.2, 0.25) is 0 Å². The van der Waals surface area contributed by atoms with Crippen molar-refractivity contribution >= 4 is 37.8 Å². The van der Waals surface area contributed by atoms with Crippen molar-refractivity contribution in [2.24, 2.45) is 0 Å². The summed E-state index contributed by atoms with van der Waals surface area (Å²) in [6.45, 7) is 0.795. The normalized spacial score (nSPS) is 16.5. The zero-order chi connectivity index (χ0) is 16.7. The van der Waals surface area contributed by atoms with Gasteiger partial charge in [0, 0.05) is 35.8 Å². The van der Waals surface area contributed by atoms with Crippen molar-refractivity contribution in [3.63, 3.8) is 0 Å². The highest BCUT2D eigenvalue weighted by atomic mass is 32.2. The molecule has 0 aliphatic carbocycles. The second-order valence-electron chi connectivity index (χ2n) is 5.67. The first-order valence-electron chi connectivity index (χ1n) is 7.55. The van der Waals surface area contributed by atoms with Crippen LogP contribution in [0.5, 0.6) is 0 Å². The first-order valence-corrected chi connectivity index (χ1v) is 9.87. The minimum Gasteiger partial charge on any atom is -0.360 e. The Balaban J connectivity index is 1.63. The molecule has 0 saturated heterocycles. The smallest absolute Gasteiger partial charge is 0.252 e. The lowest BCUT2D eigenvalue weighted by atomic mass is 10.00. The highest BCUT2D eigenvalue weighted by molar-refractivity contribution is 7.91. The average molecular weight is 362 g/mol. The van der Waals surface area contributed by atoms with E-state index in [1.807, 2.05) is 12.3 Å². The molecule has 1 N–H and O–H groups in total. The van der Waals surface area contributed by atoms with E-state index in [2.05, 4.69) is 4.98 Å². The number of hydrogen-bond acceptors (Lipinski definition) is 3. The van der Waals surface area contributed by atoms with Crippen LogP contribution >= 0.6 is 11.3 Å². The highest BCUT2D eigenvalue weighted by Crippen LogP contribution is 2.31. The molecule has 1 aliphatic rings. The third kappa shape index (κ3) is 2.58. The topological polar surface area (TPSA) is 53.2 Å². The zero-order valence-electron chi connectivity index (χ0n) is 12.7. The molecule has 7 heteroatoms. The molecule has 124 valence electrons. The Morgan fingerprint density at radius 3 is 2.83 bits per heavy atom. The minimum atomic E-state index is -3.41. The molecule has 0 radical (unpaired) electrons. The van der Waals surface area contributed by atoms with Crippen molar-refractivity contribution in [3.8, 4) is 0 Å². The molecule has 0 atom stereocenters. The van der Waals surface area contributed by atoms with Gasteiger partial charge in [0.15, 0.2) is 0 Å². The SMILES string of the molecule is O=S(=O)(c1cccs1)N1CC=C(c2c[nH]c3cc(F)ccc23)CC1. The molecule has 0 unspecified atom stereocenters. The van der Waals surface area contributed by atoms with E-state index in [4.69, 9.17) is 0 Å². The monoisotopic (exact) mass is 362 g/mol. The van der Waals surface area contributed by atoms with Crippen LogP contribution in [-0.4, -0.2) is 30.8 Å². The molecule has 2 aromatic heterocycles. The van der Waals surface area contributed by atoms with Crippen LogP contribution in [0.3, 0.4) is 0 Å². The Labute approximate surface area is 143 Å². The van der Waals surface area contributed by atoms with Gasteiger partial charge in [-0.1, -0.05) is 12.1 Å². The molecule has 0 bridgehead atoms. The maximum absolute atomic E-state index is 13.3. The molecule has 0 spiro atoms. The number of nitrogens with zero attached hydrogens (tertiary/aromatic N) is 1. The molecule has 3 heterocycles. The van der Waals surface area contributed by atoms with Crippen molar-refractivity contribution in [2.45, 2.75) is 10.6 Å². The Morgan fingerprint density at radius 2 is 2.12 bits per heavy atom. The van der Waals surface area contributed by atoms with Crippen molar-refractivity contribution < 1.29 is 12.8 Å². The molecule has 0 amide bonds. The van der Waals surface area contributed by atoms with E-state index >= 15 is 0 Å². The number of H-pyrrole nitrogens is 1. The van der Waals surface area contributed by atoms with E-state index in [0.717, 1.165) is 22.0 Å². The van der Waals surface area contributed by atoms with Gasteiger partial charge < -0.3 is 4.98 Å². The van der Waals surface area contributed by atoms with Gasteiger partial charge in [-0.15, -0.1) is 11.3 Å². The number of aromatic nitrogens is 1. The number of halogens is 1. The Bertz CT molecular complexity index is 1020. The van der Waals surface area contributed by atoms with Gasteiger partial charge in [0.25, 0.3) is 10.0 Å². The summed E-state index contributed by atoms with van der Waals surface area (Å²) >= 11 is 1.23. The van der Waals surface area contributed by atoms with Gasteiger partial charge >= 0.3 is 0 Å². The van der Waals surface area contributed by atoms with Crippen molar-refractivity contribution in [2.75, 3.05) is 13.1 Å². The van der Waals surface area contributed by atoms with Crippen molar-refractivity contribution in [3.05, 3.63) is 59.4 Å². The molecule has 24 heavy (non-hydrogen) atoms. The average Bonchev–Trinajstić information content (AvgIpc) is 3.24. The maximum Gasteiger partial charge on any atom is 0.252 e. The number of thiophene rings is 1. The Kier molecular flexibility index (Phi) is 3.79. The lowest BCUT2D eigenvalue weighted by Gasteiger charge is -2.25. The fraction of sp³-hybridized carbons (Fsp3) is 0.176. The quantitative estimate of drug-likeness (QED) is 0.769. The van der Waals surface area contributed by atoms with E-state index in [-0.39, 0.29) is 5.82 Å². The second kappa shape index (κ2) is 5.84. The first-order chi connectivity index (χ1) is 11.6. The predicted molar refractivity (Wildman–Crippen MR) is 93.9 cm³/mol. The van der Waals surface area contributed by atoms with Crippen LogP contribution in [0.2, 0.25) is 0 Å². The molecular weight excluding hydrogens is 347 g/mol. The number of nitrogens with one attached hydrogen (secondary N) is 1. The Hall–Kier alpha value is -1.96. The largest absolute Gasteiger partial charge is 0.360 e. The number of aromatic amines is 1. The summed E-state index contributed by atoms with van der Waals surface area (Å²) in [7, 11) is -3.41. The van der Waals surface area contributed by atoms with E-state index in [0.29, 0.717) is 23.7 Å². The molecule has 1 aliphatic heterocycles.